The molecule has 1 aliphatic rings. The first-order valence-corrected chi connectivity index (χ1v) is 8.68. The molecule has 2 rings (SSSR count). The summed E-state index contributed by atoms with van der Waals surface area (Å²) in [7, 11) is 2.11. The molecule has 1 heterocycles. The fraction of sp³-hybridized carbons (Fsp3) is 0.450. The summed E-state index contributed by atoms with van der Waals surface area (Å²) in [4.78, 5) is 2.30. The average molecular weight is 343 g/mol. The zero-order valence-corrected chi connectivity index (χ0v) is 14.7. The highest BCUT2D eigenvalue weighted by molar-refractivity contribution is 5.33. The molecule has 5 heteroatoms. The number of nitriles is 1. The molecule has 0 aliphatic carbocycles. The third-order valence-electron chi connectivity index (χ3n) is 4.70. The lowest BCUT2D eigenvalue weighted by atomic mass is 9.93. The van der Waals surface area contributed by atoms with Gasteiger partial charge >= 0.3 is 0 Å². The third kappa shape index (κ3) is 6.00. The lowest BCUT2D eigenvalue weighted by molar-refractivity contribution is 0.212. The second-order valence-electron chi connectivity index (χ2n) is 6.65. The maximum absolute atomic E-state index is 13.8. The number of nitrogens with two attached hydrogens (primary N) is 1. The van der Waals surface area contributed by atoms with E-state index in [4.69, 9.17) is 11.0 Å². The Morgan fingerprint density at radius 3 is 2.84 bits per heavy atom. The highest BCUT2D eigenvalue weighted by atomic mass is 19.1. The molecule has 3 N–H and O–H groups in total. The molecule has 25 heavy (non-hydrogen) atoms. The summed E-state index contributed by atoms with van der Waals surface area (Å²) in [6.07, 6.45) is 7.63. The number of halogens is 1. The van der Waals surface area contributed by atoms with Crippen LogP contribution in [0.15, 0.2) is 42.1 Å². The third-order valence-corrected chi connectivity index (χ3v) is 4.70. The summed E-state index contributed by atoms with van der Waals surface area (Å²) in [5, 5.41) is 18.8. The second-order valence-corrected chi connectivity index (χ2v) is 6.65. The first kappa shape index (κ1) is 19.2. The van der Waals surface area contributed by atoms with E-state index in [0.29, 0.717) is 29.9 Å². The second kappa shape index (κ2) is 9.36. The van der Waals surface area contributed by atoms with Gasteiger partial charge < -0.3 is 15.7 Å². The summed E-state index contributed by atoms with van der Waals surface area (Å²) >= 11 is 0. The minimum absolute atomic E-state index is 0.302. The van der Waals surface area contributed by atoms with Gasteiger partial charge in [0.05, 0.1) is 17.7 Å². The fourth-order valence-corrected chi connectivity index (χ4v) is 2.99. The van der Waals surface area contributed by atoms with Crippen molar-refractivity contribution in [1.82, 2.24) is 4.90 Å². The van der Waals surface area contributed by atoms with Crippen molar-refractivity contribution in [1.29, 1.82) is 5.26 Å². The zero-order valence-electron chi connectivity index (χ0n) is 14.7. The minimum atomic E-state index is -0.656. The number of nitrogens with zero attached hydrogens (tertiary/aromatic N) is 2. The van der Waals surface area contributed by atoms with Crippen LogP contribution < -0.4 is 5.73 Å². The van der Waals surface area contributed by atoms with Crippen molar-refractivity contribution in [2.75, 3.05) is 20.1 Å². The normalized spacial score (nSPS) is 18.4. The van der Waals surface area contributed by atoms with Gasteiger partial charge in [0.25, 0.3) is 0 Å². The number of likely N-dealkylation sites (tertiary alicyclic amines) is 1. The Bertz CT molecular complexity index is 670. The van der Waals surface area contributed by atoms with Crippen LogP contribution in [0.25, 0.3) is 0 Å². The van der Waals surface area contributed by atoms with E-state index in [2.05, 4.69) is 11.9 Å². The molecule has 0 amide bonds. The van der Waals surface area contributed by atoms with Crippen LogP contribution in [0.5, 0.6) is 0 Å². The van der Waals surface area contributed by atoms with Gasteiger partial charge in [-0.3, -0.25) is 0 Å². The van der Waals surface area contributed by atoms with Gasteiger partial charge in [-0.15, -0.1) is 0 Å². The predicted molar refractivity (Wildman–Crippen MR) is 97.1 cm³/mol. The summed E-state index contributed by atoms with van der Waals surface area (Å²) in [5.74, 6) is 0.00683. The van der Waals surface area contributed by atoms with Crippen LogP contribution in [-0.4, -0.2) is 36.2 Å². The van der Waals surface area contributed by atoms with E-state index in [1.807, 2.05) is 12.1 Å². The van der Waals surface area contributed by atoms with Crippen LogP contribution in [0.4, 0.5) is 4.39 Å². The average Bonchev–Trinajstić information content (AvgIpc) is 2.61. The number of aliphatic hydroxyl groups is 1. The van der Waals surface area contributed by atoms with Crippen molar-refractivity contribution in [3.8, 4) is 6.07 Å². The predicted octanol–water partition coefficient (Wildman–Crippen LogP) is 2.73. The first-order chi connectivity index (χ1) is 12.0. The summed E-state index contributed by atoms with van der Waals surface area (Å²) in [6.45, 7) is 2.11. The number of rotatable bonds is 6. The molecule has 1 fully saturated rings. The van der Waals surface area contributed by atoms with Crippen molar-refractivity contribution in [2.45, 2.75) is 31.8 Å². The van der Waals surface area contributed by atoms with Crippen molar-refractivity contribution in [3.05, 3.63) is 59.1 Å². The summed E-state index contributed by atoms with van der Waals surface area (Å²) in [6, 6.07) is 6.32. The van der Waals surface area contributed by atoms with Gasteiger partial charge in [0.1, 0.15) is 5.82 Å². The van der Waals surface area contributed by atoms with Gasteiger partial charge in [-0.2, -0.15) is 5.26 Å². The van der Waals surface area contributed by atoms with E-state index in [-0.39, 0.29) is 0 Å². The molecule has 4 nitrogen and oxygen atoms in total. The molecule has 1 saturated heterocycles. The molecule has 1 aromatic rings. The molecule has 0 aromatic heterocycles. The Labute approximate surface area is 149 Å². The lowest BCUT2D eigenvalue weighted by Gasteiger charge is -2.29. The van der Waals surface area contributed by atoms with Gasteiger partial charge in [0.15, 0.2) is 0 Å². The zero-order chi connectivity index (χ0) is 18.2. The molecule has 0 bridgehead atoms. The van der Waals surface area contributed by atoms with Crippen molar-refractivity contribution < 1.29 is 9.50 Å². The summed E-state index contributed by atoms with van der Waals surface area (Å²) < 4.78 is 13.8. The monoisotopic (exact) mass is 343 g/mol. The van der Waals surface area contributed by atoms with Gasteiger partial charge in [0.2, 0.25) is 0 Å². The summed E-state index contributed by atoms with van der Waals surface area (Å²) in [5.41, 5.74) is 7.79. The van der Waals surface area contributed by atoms with Crippen LogP contribution in [0.2, 0.25) is 0 Å². The molecule has 1 atom stereocenters. The Morgan fingerprint density at radius 1 is 1.48 bits per heavy atom. The highest BCUT2D eigenvalue weighted by Gasteiger charge is 2.18. The Morgan fingerprint density at radius 2 is 2.20 bits per heavy atom. The van der Waals surface area contributed by atoms with Crippen molar-refractivity contribution in [3.63, 3.8) is 0 Å². The molecule has 0 spiro atoms. The molecule has 0 radical (unpaired) electrons. The lowest BCUT2D eigenvalue weighted by Crippen LogP contribution is -2.32. The van der Waals surface area contributed by atoms with E-state index >= 15 is 0 Å². The van der Waals surface area contributed by atoms with Gasteiger partial charge in [-0.05, 0) is 69.6 Å². The number of benzene rings is 1. The molecule has 134 valence electrons. The van der Waals surface area contributed by atoms with E-state index in [9.17, 15) is 9.50 Å². The Balaban J connectivity index is 1.81. The van der Waals surface area contributed by atoms with Crippen LogP contribution in [-0.2, 0) is 6.42 Å². The molecular weight excluding hydrogens is 317 g/mol. The fourth-order valence-electron chi connectivity index (χ4n) is 2.99. The van der Waals surface area contributed by atoms with Gasteiger partial charge in [-0.25, -0.2) is 4.39 Å². The van der Waals surface area contributed by atoms with Gasteiger partial charge in [-0.1, -0.05) is 18.2 Å². The van der Waals surface area contributed by atoms with Crippen LogP contribution >= 0.6 is 0 Å². The van der Waals surface area contributed by atoms with Crippen molar-refractivity contribution in [2.24, 2.45) is 11.7 Å². The number of aryl methyl sites for hydroxylation is 1. The first-order valence-electron chi connectivity index (χ1n) is 8.68. The highest BCUT2D eigenvalue weighted by Crippen LogP contribution is 2.21. The molecule has 1 aliphatic heterocycles. The van der Waals surface area contributed by atoms with Crippen LogP contribution in [0, 0.1) is 23.1 Å². The quantitative estimate of drug-likeness (QED) is 0.779. The Kier molecular flexibility index (Phi) is 7.17. The van der Waals surface area contributed by atoms with E-state index in [0.717, 1.165) is 31.6 Å². The molecular formula is C20H26FN3O. The van der Waals surface area contributed by atoms with E-state index in [1.54, 1.807) is 24.3 Å². The number of hydrogen-bond donors (Lipinski definition) is 2. The molecule has 1 unspecified atom stereocenters. The number of aliphatic hydroxyl groups excluding tert-OH is 1. The standard InChI is InChI=1S/C20H26FN3O/c1-24-11-9-17(10-12-24)20(23)4-2-3-18(25)8-7-16-6-5-15(14-22)13-19(16)21/h2-6,13,17-18,25H,7-12,23H2,1H3/b3-2-,20-4-. The number of piperidine rings is 1. The number of hydrogen-bond acceptors (Lipinski definition) is 4. The smallest absolute Gasteiger partial charge is 0.127 e. The number of allylic oxidation sites excluding steroid dienone is 3. The van der Waals surface area contributed by atoms with E-state index < -0.39 is 11.9 Å². The maximum Gasteiger partial charge on any atom is 0.127 e. The van der Waals surface area contributed by atoms with Crippen LogP contribution in [0.1, 0.15) is 30.4 Å². The minimum Gasteiger partial charge on any atom is -0.402 e. The van der Waals surface area contributed by atoms with Crippen molar-refractivity contribution >= 4 is 0 Å². The van der Waals surface area contributed by atoms with Crippen LogP contribution in [0.3, 0.4) is 0 Å². The Hall–Kier alpha value is -2.16. The van der Waals surface area contributed by atoms with E-state index in [1.165, 1.54) is 6.07 Å². The SMILES string of the molecule is CN1CCC(/C(N)=C/C=C\C(O)CCc2ccc(C#N)cc2F)CC1. The van der Waals surface area contributed by atoms with Gasteiger partial charge in [0, 0.05) is 11.6 Å². The largest absolute Gasteiger partial charge is 0.402 e. The molecule has 1 aromatic carbocycles. The topological polar surface area (TPSA) is 73.3 Å². The molecule has 0 saturated carbocycles. The maximum atomic E-state index is 13.8.